The molecule has 1 aromatic carbocycles. The van der Waals surface area contributed by atoms with Crippen LogP contribution in [-0.4, -0.2) is 42.4 Å². The largest absolute Gasteiger partial charge is 0.310 e. The third-order valence-electron chi connectivity index (χ3n) is 13.2. The number of fused-ring (bicyclic) bond motifs is 14. The fraction of sp³-hybridized carbons (Fsp3) is 0.812. The number of nitrogens with one attached hydrogen (secondary N) is 4. The molecule has 8 aliphatic rings. The zero-order valence-corrected chi connectivity index (χ0v) is 21.8. The molecule has 15 atom stereocenters. The summed E-state index contributed by atoms with van der Waals surface area (Å²) in [5, 5.41) is 17.4. The molecular formula is C32H46N4. The molecule has 15 unspecified atom stereocenters. The second kappa shape index (κ2) is 8.28. The average molecular weight is 487 g/mol. The number of hydrogen-bond acceptors (Lipinski definition) is 4. The van der Waals surface area contributed by atoms with Crippen LogP contribution in [0.2, 0.25) is 0 Å². The van der Waals surface area contributed by atoms with Crippen molar-refractivity contribution in [2.24, 2.45) is 41.4 Å². The molecule has 4 saturated carbocycles. The van der Waals surface area contributed by atoms with Crippen LogP contribution in [0.25, 0.3) is 0 Å². The smallest absolute Gasteiger partial charge is 0.0612 e. The second-order valence-electron chi connectivity index (χ2n) is 14.3. The first-order chi connectivity index (χ1) is 17.9. The average Bonchev–Trinajstić information content (AvgIpc) is 3.66. The lowest BCUT2D eigenvalue weighted by Crippen LogP contribution is -2.62. The van der Waals surface area contributed by atoms with Crippen molar-refractivity contribution in [3.05, 3.63) is 35.9 Å². The molecular weight excluding hydrogens is 440 g/mol. The molecule has 4 heterocycles. The Kier molecular flexibility index (Phi) is 5.04. The van der Waals surface area contributed by atoms with Crippen molar-refractivity contribution in [3.8, 4) is 0 Å². The molecule has 1 aromatic rings. The molecule has 9 rings (SSSR count). The molecule has 8 fully saturated rings. The first-order valence-corrected chi connectivity index (χ1v) is 16.0. The van der Waals surface area contributed by atoms with Gasteiger partial charge in [0.15, 0.2) is 0 Å². The molecule has 4 aliphatic heterocycles. The van der Waals surface area contributed by atoms with E-state index in [4.69, 9.17) is 0 Å². The Hall–Kier alpha value is -0.940. The van der Waals surface area contributed by atoms with Crippen LogP contribution < -0.4 is 21.3 Å². The van der Waals surface area contributed by atoms with Crippen molar-refractivity contribution in [2.45, 2.75) is 119 Å². The van der Waals surface area contributed by atoms with Gasteiger partial charge in [0.05, 0.1) is 6.17 Å². The standard InChI is InChI=1S/C32H46N4/c1-2-9-17(10-3-1)18-13-8-14-21-26-29-25(20-12-5-6-15-22(20)33-29)31-27(30(26)35-28(18)21)24-19-11-4-7-16-23(19)34-32(24)36-31/h1-3,9-10,18-36H,4-8,11-16H2. The van der Waals surface area contributed by atoms with Crippen LogP contribution in [0.15, 0.2) is 30.3 Å². The summed E-state index contributed by atoms with van der Waals surface area (Å²) in [6.07, 6.45) is 16.4. The lowest BCUT2D eigenvalue weighted by Gasteiger charge is -2.49. The van der Waals surface area contributed by atoms with Crippen LogP contribution in [0.1, 0.15) is 82.1 Å². The minimum Gasteiger partial charge on any atom is -0.310 e. The monoisotopic (exact) mass is 486 g/mol. The molecule has 0 aromatic heterocycles. The van der Waals surface area contributed by atoms with E-state index in [0.29, 0.717) is 30.2 Å². The van der Waals surface area contributed by atoms with E-state index < -0.39 is 0 Å². The van der Waals surface area contributed by atoms with Crippen molar-refractivity contribution >= 4 is 0 Å². The van der Waals surface area contributed by atoms with Crippen molar-refractivity contribution in [1.82, 2.24) is 21.3 Å². The van der Waals surface area contributed by atoms with Gasteiger partial charge < -0.3 is 10.6 Å². The van der Waals surface area contributed by atoms with E-state index in [0.717, 1.165) is 59.6 Å². The van der Waals surface area contributed by atoms with Gasteiger partial charge in [-0.1, -0.05) is 62.4 Å². The quantitative estimate of drug-likeness (QED) is 0.476. The van der Waals surface area contributed by atoms with E-state index in [-0.39, 0.29) is 0 Å². The summed E-state index contributed by atoms with van der Waals surface area (Å²) < 4.78 is 0. The zero-order valence-electron chi connectivity index (χ0n) is 21.8. The van der Waals surface area contributed by atoms with Crippen LogP contribution in [0, 0.1) is 41.4 Å². The summed E-state index contributed by atoms with van der Waals surface area (Å²) in [7, 11) is 0. The van der Waals surface area contributed by atoms with Crippen LogP contribution in [0.4, 0.5) is 0 Å². The highest BCUT2D eigenvalue weighted by atomic mass is 15.3. The van der Waals surface area contributed by atoms with Crippen LogP contribution >= 0.6 is 0 Å². The van der Waals surface area contributed by atoms with Crippen molar-refractivity contribution in [1.29, 1.82) is 0 Å². The number of rotatable bonds is 1. The van der Waals surface area contributed by atoms with Gasteiger partial charge in [-0.3, -0.25) is 10.6 Å². The Balaban J connectivity index is 1.13. The van der Waals surface area contributed by atoms with Crippen LogP contribution in [0.3, 0.4) is 0 Å². The minimum absolute atomic E-state index is 0.574. The maximum atomic E-state index is 4.51. The molecule has 4 aliphatic carbocycles. The van der Waals surface area contributed by atoms with Gasteiger partial charge in [-0.25, -0.2) is 0 Å². The molecule has 0 radical (unpaired) electrons. The fourth-order valence-corrected chi connectivity index (χ4v) is 12.2. The third kappa shape index (κ3) is 2.96. The van der Waals surface area contributed by atoms with Gasteiger partial charge >= 0.3 is 0 Å². The highest BCUT2D eigenvalue weighted by Crippen LogP contribution is 2.60. The normalized spacial score (nSPS) is 56.6. The van der Waals surface area contributed by atoms with Gasteiger partial charge in [0.2, 0.25) is 0 Å². The summed E-state index contributed by atoms with van der Waals surface area (Å²) in [5.41, 5.74) is 1.59. The van der Waals surface area contributed by atoms with E-state index in [1.165, 1.54) is 70.6 Å². The van der Waals surface area contributed by atoms with Gasteiger partial charge in [0.1, 0.15) is 0 Å². The lowest BCUT2D eigenvalue weighted by molar-refractivity contribution is 0.0466. The maximum absolute atomic E-state index is 4.51. The Morgan fingerprint density at radius 1 is 0.472 bits per heavy atom. The SMILES string of the molecule is c1ccc(C2CCCC3C2NC2C3C3NC4CCCCC4C3C3NC4NC5CCCCC5C4C32)cc1. The molecule has 4 heteroatoms. The molecule has 0 amide bonds. The Morgan fingerprint density at radius 3 is 1.94 bits per heavy atom. The topological polar surface area (TPSA) is 48.1 Å². The molecule has 36 heavy (non-hydrogen) atoms. The van der Waals surface area contributed by atoms with E-state index in [2.05, 4.69) is 51.6 Å². The highest BCUT2D eigenvalue weighted by Gasteiger charge is 2.69. The molecule has 4 nitrogen and oxygen atoms in total. The maximum Gasteiger partial charge on any atom is 0.0612 e. The fourth-order valence-electron chi connectivity index (χ4n) is 12.2. The van der Waals surface area contributed by atoms with Gasteiger partial charge in [-0.2, -0.15) is 0 Å². The molecule has 0 spiro atoms. The molecule has 0 bridgehead atoms. The molecule has 4 N–H and O–H groups in total. The van der Waals surface area contributed by atoms with Crippen molar-refractivity contribution < 1.29 is 0 Å². The van der Waals surface area contributed by atoms with Gasteiger partial charge in [0.25, 0.3) is 0 Å². The van der Waals surface area contributed by atoms with Crippen molar-refractivity contribution in [2.75, 3.05) is 0 Å². The lowest BCUT2D eigenvalue weighted by atomic mass is 9.56. The Bertz CT molecular complexity index is 982. The highest BCUT2D eigenvalue weighted by molar-refractivity contribution is 5.29. The van der Waals surface area contributed by atoms with E-state index in [1.807, 2.05) is 0 Å². The van der Waals surface area contributed by atoms with Gasteiger partial charge in [-0.05, 0) is 91.4 Å². The predicted octanol–water partition coefficient (Wildman–Crippen LogP) is 4.38. The molecule has 194 valence electrons. The summed E-state index contributed by atoms with van der Waals surface area (Å²) in [4.78, 5) is 0. The summed E-state index contributed by atoms with van der Waals surface area (Å²) in [5.74, 6) is 6.74. The van der Waals surface area contributed by atoms with E-state index in [9.17, 15) is 0 Å². The summed E-state index contributed by atoms with van der Waals surface area (Å²) in [6, 6.07) is 16.0. The Labute approximate surface area is 217 Å². The van der Waals surface area contributed by atoms with E-state index in [1.54, 1.807) is 5.56 Å². The van der Waals surface area contributed by atoms with Gasteiger partial charge in [0, 0.05) is 36.3 Å². The van der Waals surface area contributed by atoms with E-state index >= 15 is 0 Å². The minimum atomic E-state index is 0.574. The van der Waals surface area contributed by atoms with Crippen LogP contribution in [-0.2, 0) is 0 Å². The number of benzene rings is 1. The first-order valence-electron chi connectivity index (χ1n) is 16.0. The van der Waals surface area contributed by atoms with Gasteiger partial charge in [-0.15, -0.1) is 0 Å². The Morgan fingerprint density at radius 2 is 1.11 bits per heavy atom. The third-order valence-corrected chi connectivity index (χ3v) is 13.2. The second-order valence-corrected chi connectivity index (χ2v) is 14.3. The predicted molar refractivity (Wildman–Crippen MR) is 143 cm³/mol. The first kappa shape index (κ1) is 21.9. The summed E-state index contributed by atoms with van der Waals surface area (Å²) in [6.45, 7) is 0. The summed E-state index contributed by atoms with van der Waals surface area (Å²) >= 11 is 0. The molecule has 4 saturated heterocycles. The zero-order chi connectivity index (χ0) is 23.4. The number of hydrogen-bond donors (Lipinski definition) is 4. The van der Waals surface area contributed by atoms with Crippen LogP contribution in [0.5, 0.6) is 0 Å². The van der Waals surface area contributed by atoms with Crippen molar-refractivity contribution in [3.63, 3.8) is 0 Å².